The van der Waals surface area contributed by atoms with E-state index in [4.69, 9.17) is 4.74 Å². The number of thiazole rings is 1. The fourth-order valence-corrected chi connectivity index (χ4v) is 4.38. The third-order valence-electron chi connectivity index (χ3n) is 4.03. The molecule has 2 amide bonds. The number of anilines is 2. The predicted molar refractivity (Wildman–Crippen MR) is 127 cm³/mol. The molecular weight excluding hydrogens is 449 g/mol. The Labute approximate surface area is 194 Å². The lowest BCUT2D eigenvalue weighted by Crippen LogP contribution is -2.27. The summed E-state index contributed by atoms with van der Waals surface area (Å²) in [6.07, 6.45) is -0.779. The molecular formula is C23H24FN3O3S2. The Morgan fingerprint density at radius 1 is 1.16 bits per heavy atom. The number of aromatic nitrogens is 1. The van der Waals surface area contributed by atoms with Crippen LogP contribution in [0.4, 0.5) is 20.6 Å². The SMILES string of the molecule is Cc1nc(CSc2ccccc2C(=O)Nc2ccc(F)c(NC(=O)OC(C)(C)C)c2)cs1. The fraction of sp³-hybridized carbons (Fsp3) is 0.261. The molecule has 1 aromatic heterocycles. The van der Waals surface area contributed by atoms with Gasteiger partial charge in [0.25, 0.3) is 5.91 Å². The van der Waals surface area contributed by atoms with Crippen LogP contribution in [-0.4, -0.2) is 22.6 Å². The van der Waals surface area contributed by atoms with Crippen molar-refractivity contribution in [2.75, 3.05) is 10.6 Å². The number of rotatable bonds is 6. The highest BCUT2D eigenvalue weighted by molar-refractivity contribution is 7.98. The molecule has 0 fully saturated rings. The molecule has 0 unspecified atom stereocenters. The molecule has 0 radical (unpaired) electrons. The van der Waals surface area contributed by atoms with Gasteiger partial charge < -0.3 is 10.1 Å². The summed E-state index contributed by atoms with van der Waals surface area (Å²) < 4.78 is 19.3. The summed E-state index contributed by atoms with van der Waals surface area (Å²) in [4.78, 5) is 30.1. The molecule has 2 aromatic carbocycles. The first-order valence-electron chi connectivity index (χ1n) is 9.84. The van der Waals surface area contributed by atoms with Gasteiger partial charge in [-0.15, -0.1) is 23.1 Å². The summed E-state index contributed by atoms with van der Waals surface area (Å²) in [6, 6.07) is 11.2. The lowest BCUT2D eigenvalue weighted by Gasteiger charge is -2.20. The molecule has 2 N–H and O–H groups in total. The van der Waals surface area contributed by atoms with Crippen LogP contribution in [0.25, 0.3) is 0 Å². The van der Waals surface area contributed by atoms with Crippen LogP contribution in [0.5, 0.6) is 0 Å². The summed E-state index contributed by atoms with van der Waals surface area (Å²) in [6.45, 7) is 7.09. The van der Waals surface area contributed by atoms with Gasteiger partial charge in [0.1, 0.15) is 11.4 Å². The number of nitrogens with zero attached hydrogens (tertiary/aromatic N) is 1. The summed E-state index contributed by atoms with van der Waals surface area (Å²) in [5.41, 5.74) is 1.00. The zero-order valence-corrected chi connectivity index (χ0v) is 19.8. The molecule has 32 heavy (non-hydrogen) atoms. The number of hydrogen-bond donors (Lipinski definition) is 2. The molecule has 3 aromatic rings. The molecule has 0 aliphatic carbocycles. The maximum absolute atomic E-state index is 14.2. The van der Waals surface area contributed by atoms with E-state index in [0.717, 1.165) is 15.6 Å². The molecule has 1 heterocycles. The van der Waals surface area contributed by atoms with Crippen molar-refractivity contribution in [1.29, 1.82) is 0 Å². The van der Waals surface area contributed by atoms with Gasteiger partial charge in [0.05, 0.1) is 22.0 Å². The third-order valence-corrected chi connectivity index (χ3v) is 5.96. The summed E-state index contributed by atoms with van der Waals surface area (Å²) in [5, 5.41) is 8.14. The number of nitrogens with one attached hydrogen (secondary N) is 2. The Balaban J connectivity index is 1.71. The quantitative estimate of drug-likeness (QED) is 0.400. The lowest BCUT2D eigenvalue weighted by atomic mass is 10.2. The van der Waals surface area contributed by atoms with Crippen molar-refractivity contribution < 1.29 is 18.7 Å². The van der Waals surface area contributed by atoms with Crippen molar-refractivity contribution in [2.24, 2.45) is 0 Å². The van der Waals surface area contributed by atoms with E-state index in [1.165, 1.54) is 30.0 Å². The Hall–Kier alpha value is -2.91. The van der Waals surface area contributed by atoms with Crippen LogP contribution in [0.3, 0.4) is 0 Å². The van der Waals surface area contributed by atoms with E-state index in [1.807, 2.05) is 24.4 Å². The van der Waals surface area contributed by atoms with Crippen LogP contribution < -0.4 is 10.6 Å². The molecule has 0 saturated heterocycles. The van der Waals surface area contributed by atoms with Crippen molar-refractivity contribution in [3.63, 3.8) is 0 Å². The van der Waals surface area contributed by atoms with Gasteiger partial charge in [-0.05, 0) is 58.0 Å². The van der Waals surface area contributed by atoms with Gasteiger partial charge in [-0.25, -0.2) is 14.2 Å². The van der Waals surface area contributed by atoms with Crippen molar-refractivity contribution in [3.05, 3.63) is 69.9 Å². The first-order chi connectivity index (χ1) is 15.1. The lowest BCUT2D eigenvalue weighted by molar-refractivity contribution is 0.0635. The molecule has 0 spiro atoms. The second-order valence-corrected chi connectivity index (χ2v) is 10.00. The van der Waals surface area contributed by atoms with E-state index >= 15 is 0 Å². The molecule has 9 heteroatoms. The van der Waals surface area contributed by atoms with Crippen LogP contribution in [0, 0.1) is 12.7 Å². The maximum Gasteiger partial charge on any atom is 0.412 e. The number of hydrogen-bond acceptors (Lipinski definition) is 6. The average molecular weight is 474 g/mol. The number of halogens is 1. The number of aryl methyl sites for hydroxylation is 1. The van der Waals surface area contributed by atoms with Crippen molar-refractivity contribution >= 4 is 46.5 Å². The van der Waals surface area contributed by atoms with Gasteiger partial charge in [-0.3, -0.25) is 10.1 Å². The number of carbonyl (C=O) groups excluding carboxylic acids is 2. The van der Waals surface area contributed by atoms with Crippen LogP contribution in [-0.2, 0) is 10.5 Å². The Morgan fingerprint density at radius 2 is 1.91 bits per heavy atom. The van der Waals surface area contributed by atoms with E-state index < -0.39 is 17.5 Å². The van der Waals surface area contributed by atoms with Gasteiger partial charge in [0.2, 0.25) is 0 Å². The highest BCUT2D eigenvalue weighted by atomic mass is 32.2. The molecule has 3 rings (SSSR count). The largest absolute Gasteiger partial charge is 0.444 e. The van der Waals surface area contributed by atoms with Gasteiger partial charge in [0.15, 0.2) is 0 Å². The van der Waals surface area contributed by atoms with Crippen LogP contribution in [0.1, 0.15) is 41.8 Å². The molecule has 168 valence electrons. The Kier molecular flexibility index (Phi) is 7.52. The second-order valence-electron chi connectivity index (χ2n) is 7.92. The highest BCUT2D eigenvalue weighted by Gasteiger charge is 2.18. The number of carbonyl (C=O) groups is 2. The van der Waals surface area contributed by atoms with Gasteiger partial charge in [-0.1, -0.05) is 12.1 Å². The van der Waals surface area contributed by atoms with Crippen LogP contribution >= 0.6 is 23.1 Å². The normalized spacial score (nSPS) is 11.2. The Morgan fingerprint density at radius 3 is 2.59 bits per heavy atom. The van der Waals surface area contributed by atoms with Crippen LogP contribution in [0.15, 0.2) is 52.7 Å². The molecule has 0 aliphatic rings. The average Bonchev–Trinajstić information content (AvgIpc) is 3.13. The molecule has 6 nitrogen and oxygen atoms in total. The van der Waals surface area contributed by atoms with Crippen molar-refractivity contribution in [2.45, 2.75) is 43.9 Å². The zero-order chi connectivity index (χ0) is 23.3. The minimum absolute atomic E-state index is 0.0846. The first kappa shape index (κ1) is 23.7. The van der Waals surface area contributed by atoms with Gasteiger partial charge in [-0.2, -0.15) is 0 Å². The van der Waals surface area contributed by atoms with Gasteiger partial charge >= 0.3 is 6.09 Å². The number of thioether (sulfide) groups is 1. The fourth-order valence-electron chi connectivity index (χ4n) is 2.72. The third kappa shape index (κ3) is 6.80. The summed E-state index contributed by atoms with van der Waals surface area (Å²) in [5.74, 6) is -0.324. The van der Waals surface area contributed by atoms with E-state index in [9.17, 15) is 14.0 Å². The van der Waals surface area contributed by atoms with E-state index in [1.54, 1.807) is 44.2 Å². The molecule has 0 aliphatic heterocycles. The topological polar surface area (TPSA) is 80.3 Å². The standard InChI is InChI=1S/C23H24FN3O3S2/c1-14-25-16(12-31-14)13-32-20-8-6-5-7-17(20)21(28)26-15-9-10-18(24)19(11-15)27-22(29)30-23(2,3)4/h5-12H,13H2,1-4H3,(H,26,28)(H,27,29). The van der Waals surface area contributed by atoms with E-state index in [2.05, 4.69) is 15.6 Å². The number of amides is 2. The monoisotopic (exact) mass is 473 g/mol. The minimum Gasteiger partial charge on any atom is -0.444 e. The number of benzene rings is 2. The maximum atomic E-state index is 14.2. The zero-order valence-electron chi connectivity index (χ0n) is 18.2. The first-order valence-corrected chi connectivity index (χ1v) is 11.7. The van der Waals surface area contributed by atoms with Crippen LogP contribution in [0.2, 0.25) is 0 Å². The molecule has 0 bridgehead atoms. The highest BCUT2D eigenvalue weighted by Crippen LogP contribution is 2.28. The second kappa shape index (κ2) is 10.1. The molecule has 0 atom stereocenters. The Bertz CT molecular complexity index is 1130. The van der Waals surface area contributed by atoms with Gasteiger partial charge in [0, 0.05) is 21.7 Å². The van der Waals surface area contributed by atoms with Crippen molar-refractivity contribution in [3.8, 4) is 0 Å². The summed E-state index contributed by atoms with van der Waals surface area (Å²) in [7, 11) is 0. The van der Waals surface area contributed by atoms with Crippen molar-refractivity contribution in [1.82, 2.24) is 4.98 Å². The molecule has 0 saturated carbocycles. The smallest absolute Gasteiger partial charge is 0.412 e. The number of ether oxygens (including phenoxy) is 1. The van der Waals surface area contributed by atoms with E-state index in [0.29, 0.717) is 17.0 Å². The van der Waals surface area contributed by atoms with E-state index in [-0.39, 0.29) is 11.6 Å². The minimum atomic E-state index is -0.779. The predicted octanol–water partition coefficient (Wildman–Crippen LogP) is 6.48. The summed E-state index contributed by atoms with van der Waals surface area (Å²) >= 11 is 3.11.